The van der Waals surface area contributed by atoms with Crippen molar-refractivity contribution in [3.8, 4) is 0 Å². The first-order valence-electron chi connectivity index (χ1n) is 8.25. The fourth-order valence-electron chi connectivity index (χ4n) is 2.57. The molecule has 25 heavy (non-hydrogen) atoms. The predicted molar refractivity (Wildman–Crippen MR) is 118 cm³/mol. The zero-order valence-electron chi connectivity index (χ0n) is 15.0. The highest BCUT2D eigenvalue weighted by molar-refractivity contribution is 14.0. The summed E-state index contributed by atoms with van der Waals surface area (Å²) in [6.45, 7) is 4.88. The number of halogens is 2. The van der Waals surface area contributed by atoms with Crippen molar-refractivity contribution in [3.05, 3.63) is 28.7 Å². The fraction of sp³-hybridized carbons (Fsp3) is 0.529. The van der Waals surface area contributed by atoms with Crippen LogP contribution in [0.4, 0.5) is 5.69 Å². The van der Waals surface area contributed by atoms with E-state index < -0.39 is 0 Å². The van der Waals surface area contributed by atoms with Crippen molar-refractivity contribution in [1.29, 1.82) is 0 Å². The SMILES string of the molecule is CCNC(=NCC(=O)N(C)C)NC1CCN(c2ccc(Br)cc2)C1.I. The van der Waals surface area contributed by atoms with Crippen LogP contribution in [-0.4, -0.2) is 63.1 Å². The van der Waals surface area contributed by atoms with E-state index in [1.807, 2.05) is 6.92 Å². The van der Waals surface area contributed by atoms with E-state index in [1.165, 1.54) is 5.69 Å². The van der Waals surface area contributed by atoms with Crippen LogP contribution >= 0.6 is 39.9 Å². The molecule has 0 spiro atoms. The molecule has 0 radical (unpaired) electrons. The lowest BCUT2D eigenvalue weighted by Gasteiger charge is -2.20. The lowest BCUT2D eigenvalue weighted by atomic mass is 10.3. The van der Waals surface area contributed by atoms with Gasteiger partial charge in [-0.25, -0.2) is 4.99 Å². The molecule has 140 valence electrons. The minimum absolute atomic E-state index is 0. The minimum Gasteiger partial charge on any atom is -0.369 e. The van der Waals surface area contributed by atoms with E-state index >= 15 is 0 Å². The van der Waals surface area contributed by atoms with E-state index in [2.05, 4.69) is 60.7 Å². The standard InChI is InChI=1S/C17H26BrN5O.HI/c1-4-19-17(20-11-16(24)22(2)3)21-14-9-10-23(12-14)15-7-5-13(18)6-8-15;/h5-8,14H,4,9-12H2,1-3H3,(H2,19,20,21);1H. The van der Waals surface area contributed by atoms with Crippen molar-refractivity contribution < 1.29 is 4.79 Å². The maximum atomic E-state index is 11.7. The van der Waals surface area contributed by atoms with Crippen molar-refractivity contribution in [2.24, 2.45) is 4.99 Å². The molecule has 1 unspecified atom stereocenters. The summed E-state index contributed by atoms with van der Waals surface area (Å²) in [5.41, 5.74) is 1.23. The summed E-state index contributed by atoms with van der Waals surface area (Å²) >= 11 is 3.47. The van der Waals surface area contributed by atoms with Gasteiger partial charge in [-0.05, 0) is 37.6 Å². The molecule has 0 aliphatic carbocycles. The fourth-order valence-corrected chi connectivity index (χ4v) is 2.83. The van der Waals surface area contributed by atoms with Crippen molar-refractivity contribution in [2.45, 2.75) is 19.4 Å². The monoisotopic (exact) mass is 523 g/mol. The summed E-state index contributed by atoms with van der Waals surface area (Å²) in [6, 6.07) is 8.70. The summed E-state index contributed by atoms with van der Waals surface area (Å²) in [5, 5.41) is 6.65. The number of carbonyl (C=O) groups excluding carboxylic acids is 1. The average Bonchev–Trinajstić information content (AvgIpc) is 3.01. The summed E-state index contributed by atoms with van der Waals surface area (Å²) in [7, 11) is 3.48. The second kappa shape index (κ2) is 10.8. The number of benzene rings is 1. The molecule has 2 N–H and O–H groups in total. The number of aliphatic imine (C=N–C) groups is 1. The molecule has 1 heterocycles. The van der Waals surface area contributed by atoms with Crippen molar-refractivity contribution >= 4 is 57.5 Å². The maximum absolute atomic E-state index is 11.7. The highest BCUT2D eigenvalue weighted by Gasteiger charge is 2.23. The Kier molecular flexibility index (Phi) is 9.55. The number of hydrogen-bond donors (Lipinski definition) is 2. The van der Waals surface area contributed by atoms with Gasteiger partial charge in [0.05, 0.1) is 0 Å². The Morgan fingerprint density at radius 3 is 2.64 bits per heavy atom. The Balaban J connectivity index is 0.00000312. The minimum atomic E-state index is -0.00452. The molecule has 1 aromatic carbocycles. The predicted octanol–water partition coefficient (Wildman–Crippen LogP) is 2.29. The normalized spacial score (nSPS) is 17.0. The molecule has 0 aromatic heterocycles. The van der Waals surface area contributed by atoms with Gasteiger partial charge < -0.3 is 20.4 Å². The van der Waals surface area contributed by atoms with Gasteiger partial charge in [-0.1, -0.05) is 15.9 Å². The number of anilines is 1. The maximum Gasteiger partial charge on any atom is 0.243 e. The molecule has 2 rings (SSSR count). The Morgan fingerprint density at radius 2 is 2.04 bits per heavy atom. The third kappa shape index (κ3) is 7.01. The summed E-state index contributed by atoms with van der Waals surface area (Å²) in [4.78, 5) is 20.0. The van der Waals surface area contributed by atoms with Crippen LogP contribution in [0.15, 0.2) is 33.7 Å². The van der Waals surface area contributed by atoms with Crippen LogP contribution in [0.3, 0.4) is 0 Å². The molecule has 6 nitrogen and oxygen atoms in total. The molecule has 1 fully saturated rings. The Morgan fingerprint density at radius 1 is 1.36 bits per heavy atom. The molecule has 0 saturated carbocycles. The van der Waals surface area contributed by atoms with Gasteiger partial charge in [0.2, 0.25) is 5.91 Å². The highest BCUT2D eigenvalue weighted by Crippen LogP contribution is 2.22. The van der Waals surface area contributed by atoms with Crippen molar-refractivity contribution in [1.82, 2.24) is 15.5 Å². The molecule has 1 aromatic rings. The van der Waals surface area contributed by atoms with Gasteiger partial charge >= 0.3 is 0 Å². The van der Waals surface area contributed by atoms with E-state index in [0.717, 1.165) is 30.5 Å². The number of amides is 1. The van der Waals surface area contributed by atoms with Gasteiger partial charge in [0.15, 0.2) is 5.96 Å². The number of nitrogens with zero attached hydrogens (tertiary/aromatic N) is 3. The Hall–Kier alpha value is -1.03. The average molecular weight is 524 g/mol. The summed E-state index contributed by atoms with van der Waals surface area (Å²) in [5.74, 6) is 0.700. The lowest BCUT2D eigenvalue weighted by Crippen LogP contribution is -2.45. The van der Waals surface area contributed by atoms with Gasteiger partial charge in [0.1, 0.15) is 6.54 Å². The highest BCUT2D eigenvalue weighted by atomic mass is 127. The van der Waals surface area contributed by atoms with Crippen LogP contribution in [0.1, 0.15) is 13.3 Å². The third-order valence-corrected chi connectivity index (χ3v) is 4.46. The van der Waals surface area contributed by atoms with Crippen LogP contribution in [0, 0.1) is 0 Å². The third-order valence-electron chi connectivity index (χ3n) is 3.94. The Labute approximate surface area is 175 Å². The number of hydrogen-bond acceptors (Lipinski definition) is 3. The molecule has 1 aliphatic rings. The van der Waals surface area contributed by atoms with Crippen LogP contribution < -0.4 is 15.5 Å². The van der Waals surface area contributed by atoms with Gasteiger partial charge in [-0.15, -0.1) is 24.0 Å². The molecule has 1 aliphatic heterocycles. The van der Waals surface area contributed by atoms with Crippen LogP contribution in [0.2, 0.25) is 0 Å². The largest absolute Gasteiger partial charge is 0.369 e. The second-order valence-corrected chi connectivity index (χ2v) is 6.95. The molecule has 1 amide bonds. The molecular weight excluding hydrogens is 497 g/mol. The molecular formula is C17H27BrIN5O. The number of rotatable bonds is 5. The van der Waals surface area contributed by atoms with E-state index in [-0.39, 0.29) is 36.4 Å². The summed E-state index contributed by atoms with van der Waals surface area (Å²) < 4.78 is 1.09. The van der Waals surface area contributed by atoms with Gasteiger partial charge in [-0.3, -0.25) is 4.79 Å². The van der Waals surface area contributed by atoms with E-state index in [1.54, 1.807) is 19.0 Å². The smallest absolute Gasteiger partial charge is 0.243 e. The topological polar surface area (TPSA) is 60.0 Å². The molecule has 1 saturated heterocycles. The molecule has 1 atom stereocenters. The van der Waals surface area contributed by atoms with Crippen LogP contribution in [-0.2, 0) is 4.79 Å². The van der Waals surface area contributed by atoms with Gasteiger partial charge in [-0.2, -0.15) is 0 Å². The number of carbonyl (C=O) groups is 1. The van der Waals surface area contributed by atoms with E-state index in [4.69, 9.17) is 0 Å². The van der Waals surface area contributed by atoms with Crippen molar-refractivity contribution in [2.75, 3.05) is 45.2 Å². The second-order valence-electron chi connectivity index (χ2n) is 6.04. The molecule has 0 bridgehead atoms. The first kappa shape index (κ1) is 22.0. The molecule has 8 heteroatoms. The zero-order chi connectivity index (χ0) is 17.5. The number of likely N-dealkylation sites (N-methyl/N-ethyl adjacent to an activating group) is 1. The van der Waals surface area contributed by atoms with Crippen LogP contribution in [0.25, 0.3) is 0 Å². The zero-order valence-corrected chi connectivity index (χ0v) is 18.9. The van der Waals surface area contributed by atoms with Crippen molar-refractivity contribution in [3.63, 3.8) is 0 Å². The van der Waals surface area contributed by atoms with Gasteiger partial charge in [0, 0.05) is 49.9 Å². The lowest BCUT2D eigenvalue weighted by molar-refractivity contribution is -0.127. The Bertz CT molecular complexity index is 579. The van der Waals surface area contributed by atoms with E-state index in [9.17, 15) is 4.79 Å². The number of guanidine groups is 1. The quantitative estimate of drug-likeness (QED) is 0.353. The summed E-state index contributed by atoms with van der Waals surface area (Å²) in [6.07, 6.45) is 1.04. The number of nitrogens with one attached hydrogen (secondary N) is 2. The van der Waals surface area contributed by atoms with Gasteiger partial charge in [0.25, 0.3) is 0 Å². The van der Waals surface area contributed by atoms with E-state index in [0.29, 0.717) is 12.0 Å². The van der Waals surface area contributed by atoms with Crippen LogP contribution in [0.5, 0.6) is 0 Å². The first-order valence-corrected chi connectivity index (χ1v) is 9.04. The first-order chi connectivity index (χ1) is 11.5.